The molecule has 0 saturated heterocycles. The van der Waals surface area contributed by atoms with Gasteiger partial charge in [0.1, 0.15) is 0 Å². The maximum atomic E-state index is 11.5. The van der Waals surface area contributed by atoms with Crippen molar-refractivity contribution in [3.05, 3.63) is 12.2 Å². The van der Waals surface area contributed by atoms with Crippen LogP contribution in [-0.4, -0.2) is 54.2 Å². The largest absolute Gasteiger partial charge is 0.518 e. The molecular weight excluding hydrogens is 304 g/mol. The maximum Gasteiger partial charge on any atom is 0.518 e. The molecule has 0 spiro atoms. The average Bonchev–Trinajstić information content (AvgIpc) is 2.47. The highest BCUT2D eigenvalue weighted by Crippen LogP contribution is 2.15. The van der Waals surface area contributed by atoms with Gasteiger partial charge in [0, 0.05) is 26.9 Å². The Morgan fingerprint density at radius 1 is 1.14 bits per heavy atom. The molecule has 7 nitrogen and oxygen atoms in total. The Morgan fingerprint density at radius 3 is 2.00 bits per heavy atom. The van der Waals surface area contributed by atoms with Gasteiger partial charge < -0.3 is 18.0 Å². The van der Waals surface area contributed by atoms with Crippen LogP contribution in [0.1, 0.15) is 34.1 Å². The molecule has 0 aliphatic carbocycles. The normalized spacial score (nSPS) is 16.0. The third kappa shape index (κ3) is 6.15. The topological polar surface area (TPSA) is 78.1 Å². The molecule has 2 N–H and O–H groups in total. The van der Waals surface area contributed by atoms with Crippen molar-refractivity contribution in [3.63, 3.8) is 0 Å². The van der Waals surface area contributed by atoms with Crippen molar-refractivity contribution in [3.8, 4) is 0 Å². The fourth-order valence-corrected chi connectivity index (χ4v) is 4.45. The van der Waals surface area contributed by atoms with Crippen LogP contribution in [-0.2, 0) is 22.8 Å². The highest BCUT2D eigenvalue weighted by atomic mass is 28.4. The number of ether oxygens (including phenoxy) is 1. The minimum absolute atomic E-state index is 0.0842. The predicted molar refractivity (Wildman–Crippen MR) is 87.0 cm³/mol. The third-order valence-electron chi connectivity index (χ3n) is 3.26. The summed E-state index contributed by atoms with van der Waals surface area (Å²) in [7, 11) is 1.96. The molecule has 0 rings (SSSR count). The Hall–Kier alpha value is -0.773. The first-order valence-electron chi connectivity index (χ1n) is 7.30. The van der Waals surface area contributed by atoms with Crippen LogP contribution in [0.3, 0.4) is 0 Å². The van der Waals surface area contributed by atoms with Gasteiger partial charge >= 0.3 is 14.8 Å². The molecule has 0 aromatic rings. The Balaban J connectivity index is 4.63. The van der Waals surface area contributed by atoms with Crippen molar-refractivity contribution in [1.29, 1.82) is 0 Å². The van der Waals surface area contributed by atoms with E-state index in [0.717, 1.165) is 6.42 Å². The minimum atomic E-state index is -2.78. The summed E-state index contributed by atoms with van der Waals surface area (Å²) >= 11 is 0. The zero-order valence-corrected chi connectivity index (χ0v) is 15.7. The first-order valence-corrected chi connectivity index (χ1v) is 9.10. The molecule has 0 aliphatic rings. The molecule has 0 aliphatic heterocycles. The van der Waals surface area contributed by atoms with Crippen molar-refractivity contribution in [2.45, 2.75) is 52.2 Å². The second kappa shape index (κ2) is 10.1. The van der Waals surface area contributed by atoms with E-state index in [2.05, 4.69) is 17.2 Å². The molecule has 0 heterocycles. The van der Waals surface area contributed by atoms with Gasteiger partial charge in [0.25, 0.3) is 0 Å². The molecular formula is C14H30N2O5Si. The molecule has 130 valence electrons. The Bertz CT molecular complexity index is 355. The number of carbonyl (C=O) groups excluding carboxylic acids is 1. The van der Waals surface area contributed by atoms with E-state index in [4.69, 9.17) is 18.0 Å². The van der Waals surface area contributed by atoms with E-state index in [1.54, 1.807) is 35.2 Å². The summed E-state index contributed by atoms with van der Waals surface area (Å²) in [4.78, 5) is 11.5. The number of nitrogens with one attached hydrogen (secondary N) is 2. The smallest absolute Gasteiger partial charge is 0.443 e. The monoisotopic (exact) mass is 334 g/mol. The Labute approximate surface area is 134 Å². The Morgan fingerprint density at radius 2 is 1.64 bits per heavy atom. The maximum absolute atomic E-state index is 11.5. The molecule has 0 aromatic heterocycles. The minimum Gasteiger partial charge on any atom is -0.443 e. The summed E-state index contributed by atoms with van der Waals surface area (Å²) in [5.41, 5.74) is 0.282. The van der Waals surface area contributed by atoms with E-state index < -0.39 is 21.0 Å². The predicted octanol–water partition coefficient (Wildman–Crippen LogP) is 1.17. The lowest BCUT2D eigenvalue weighted by molar-refractivity contribution is -0.145. The van der Waals surface area contributed by atoms with Crippen LogP contribution in [0.25, 0.3) is 0 Å². The van der Waals surface area contributed by atoms with E-state index in [1.165, 1.54) is 0 Å². The lowest BCUT2D eigenvalue weighted by Gasteiger charge is -2.35. The zero-order chi connectivity index (χ0) is 17.3. The second-order valence-electron chi connectivity index (χ2n) is 5.06. The second-order valence-corrected chi connectivity index (χ2v) is 8.19. The van der Waals surface area contributed by atoms with E-state index in [1.807, 2.05) is 13.8 Å². The third-order valence-corrected chi connectivity index (χ3v) is 6.39. The van der Waals surface area contributed by atoms with Crippen LogP contribution < -0.4 is 10.6 Å². The number of hydrogen-bond acceptors (Lipinski definition) is 7. The van der Waals surface area contributed by atoms with E-state index >= 15 is 0 Å². The molecule has 0 aromatic carbocycles. The van der Waals surface area contributed by atoms with Crippen molar-refractivity contribution < 1.29 is 22.8 Å². The van der Waals surface area contributed by atoms with Gasteiger partial charge in [-0.05, 0) is 27.2 Å². The van der Waals surface area contributed by atoms with Gasteiger partial charge in [0.05, 0.1) is 11.8 Å². The van der Waals surface area contributed by atoms with E-state index in [9.17, 15) is 4.79 Å². The van der Waals surface area contributed by atoms with Crippen LogP contribution in [0.15, 0.2) is 12.2 Å². The molecule has 0 radical (unpaired) electrons. The van der Waals surface area contributed by atoms with Crippen molar-refractivity contribution in [1.82, 2.24) is 10.6 Å². The summed E-state index contributed by atoms with van der Waals surface area (Å²) in [6.45, 7) is 10.9. The van der Waals surface area contributed by atoms with Gasteiger partial charge in [-0.2, -0.15) is 0 Å². The molecule has 0 fully saturated rings. The SMILES string of the molecule is C=C(C)C(=O)OC(C)NC(C)NC(CC)[Si](OC)(OC)OC. The average molecular weight is 334 g/mol. The van der Waals surface area contributed by atoms with Gasteiger partial charge in [-0.15, -0.1) is 0 Å². The van der Waals surface area contributed by atoms with Gasteiger partial charge in [0.2, 0.25) is 0 Å². The number of rotatable bonds is 11. The van der Waals surface area contributed by atoms with Crippen molar-refractivity contribution in [2.75, 3.05) is 21.3 Å². The van der Waals surface area contributed by atoms with E-state index in [-0.39, 0.29) is 11.8 Å². The summed E-state index contributed by atoms with van der Waals surface area (Å²) in [6, 6.07) is 0. The van der Waals surface area contributed by atoms with Crippen LogP contribution in [0.5, 0.6) is 0 Å². The van der Waals surface area contributed by atoms with Crippen molar-refractivity contribution >= 4 is 14.8 Å². The number of esters is 1. The molecule has 0 bridgehead atoms. The Kier molecular flexibility index (Phi) is 9.73. The van der Waals surface area contributed by atoms with Crippen molar-refractivity contribution in [2.24, 2.45) is 0 Å². The first-order chi connectivity index (χ1) is 10.3. The van der Waals surface area contributed by atoms with Crippen LogP contribution in [0.4, 0.5) is 0 Å². The van der Waals surface area contributed by atoms with Crippen LogP contribution in [0, 0.1) is 0 Å². The molecule has 3 unspecified atom stereocenters. The molecule has 3 atom stereocenters. The van der Waals surface area contributed by atoms with Gasteiger partial charge in [-0.1, -0.05) is 13.5 Å². The van der Waals surface area contributed by atoms with Gasteiger partial charge in [-0.25, -0.2) is 4.79 Å². The van der Waals surface area contributed by atoms with Crippen LogP contribution >= 0.6 is 0 Å². The number of hydrogen-bond donors (Lipinski definition) is 2. The molecule has 22 heavy (non-hydrogen) atoms. The lowest BCUT2D eigenvalue weighted by atomic mass is 10.3. The zero-order valence-electron chi connectivity index (χ0n) is 14.7. The van der Waals surface area contributed by atoms with Gasteiger partial charge in [-0.3, -0.25) is 10.6 Å². The highest BCUT2D eigenvalue weighted by molar-refractivity contribution is 6.62. The highest BCUT2D eigenvalue weighted by Gasteiger charge is 2.46. The number of carbonyl (C=O) groups is 1. The summed E-state index contributed by atoms with van der Waals surface area (Å²) in [5, 5.41) is 6.49. The lowest BCUT2D eigenvalue weighted by Crippen LogP contribution is -2.64. The summed E-state index contributed by atoms with van der Waals surface area (Å²) < 4.78 is 21.7. The van der Waals surface area contributed by atoms with Crippen LogP contribution in [0.2, 0.25) is 0 Å². The molecule has 0 saturated carbocycles. The fourth-order valence-electron chi connectivity index (χ4n) is 2.14. The molecule has 0 amide bonds. The molecule has 8 heteroatoms. The first kappa shape index (κ1) is 21.2. The fraction of sp³-hybridized carbons (Fsp3) is 0.786. The quantitative estimate of drug-likeness (QED) is 0.254. The summed E-state index contributed by atoms with van der Waals surface area (Å²) in [6.07, 6.45) is 0.186. The van der Waals surface area contributed by atoms with Gasteiger partial charge in [0.15, 0.2) is 6.23 Å². The van der Waals surface area contributed by atoms with E-state index in [0.29, 0.717) is 5.57 Å². The summed E-state index contributed by atoms with van der Waals surface area (Å²) in [5.74, 6) is -0.423. The standard InChI is InChI=1S/C14H30N2O5Si/c1-9-13(22(18-6,19-7)20-8)16-11(4)15-12(5)21-14(17)10(2)3/h11-13,15-16H,2,9H2,1,3-8H3.